The number of carboxylic acid groups (broad SMARTS) is 1. The molecule has 5 nitrogen and oxygen atoms in total. The van der Waals surface area contributed by atoms with Crippen LogP contribution in [0.3, 0.4) is 0 Å². The van der Waals surface area contributed by atoms with E-state index in [1.807, 2.05) is 19.1 Å². The Labute approximate surface area is 116 Å². The van der Waals surface area contributed by atoms with Gasteiger partial charge < -0.3 is 10.4 Å². The van der Waals surface area contributed by atoms with Gasteiger partial charge in [-0.2, -0.15) is 0 Å². The fourth-order valence-corrected chi connectivity index (χ4v) is 1.72. The Morgan fingerprint density at radius 1 is 1.15 bits per heavy atom. The van der Waals surface area contributed by atoms with Crippen molar-refractivity contribution in [3.8, 4) is 0 Å². The van der Waals surface area contributed by atoms with E-state index in [0.29, 0.717) is 11.3 Å². The fraction of sp³-hybridized carbons (Fsp3) is 0.133. The third kappa shape index (κ3) is 3.20. The number of rotatable bonds is 4. The number of carbonyl (C=O) groups excluding carboxylic acids is 1. The van der Waals surface area contributed by atoms with Gasteiger partial charge in [0, 0.05) is 11.8 Å². The second kappa shape index (κ2) is 5.97. The van der Waals surface area contributed by atoms with E-state index in [1.165, 1.54) is 18.5 Å². The molecule has 102 valence electrons. The summed E-state index contributed by atoms with van der Waals surface area (Å²) in [5, 5.41) is 11.5. The van der Waals surface area contributed by atoms with Crippen molar-refractivity contribution in [3.63, 3.8) is 0 Å². The molecule has 2 N–H and O–H groups in total. The highest BCUT2D eigenvalue weighted by atomic mass is 16.4. The number of anilines is 1. The van der Waals surface area contributed by atoms with E-state index in [4.69, 9.17) is 5.11 Å². The Kier molecular flexibility index (Phi) is 4.10. The number of pyridine rings is 1. The zero-order chi connectivity index (χ0) is 14.5. The highest BCUT2D eigenvalue weighted by molar-refractivity contribution is 6.04. The number of nitrogens with zero attached hydrogens (tertiary/aromatic N) is 1. The number of aromatic carboxylic acids is 1. The third-order valence-electron chi connectivity index (χ3n) is 2.87. The maximum Gasteiger partial charge on any atom is 0.337 e. The first-order valence-electron chi connectivity index (χ1n) is 6.18. The minimum atomic E-state index is -1.08. The number of aryl methyl sites for hydroxylation is 1. The SMILES string of the molecule is CCc1ccc(C(=O)Nc2cncc(C(=O)O)c2)cc1. The molecule has 0 aliphatic heterocycles. The van der Waals surface area contributed by atoms with Crippen LogP contribution in [0.15, 0.2) is 42.7 Å². The molecule has 0 aliphatic rings. The van der Waals surface area contributed by atoms with E-state index in [2.05, 4.69) is 10.3 Å². The minimum absolute atomic E-state index is 0.0316. The Bertz CT molecular complexity index is 636. The van der Waals surface area contributed by atoms with Crippen LogP contribution in [0, 0.1) is 0 Å². The molecule has 1 aromatic heterocycles. The number of nitrogens with one attached hydrogen (secondary N) is 1. The van der Waals surface area contributed by atoms with Crippen molar-refractivity contribution in [3.05, 3.63) is 59.4 Å². The van der Waals surface area contributed by atoms with Crippen LogP contribution in [0.4, 0.5) is 5.69 Å². The largest absolute Gasteiger partial charge is 0.478 e. The second-order valence-electron chi connectivity index (χ2n) is 4.27. The summed E-state index contributed by atoms with van der Waals surface area (Å²) in [6.07, 6.45) is 3.55. The normalized spacial score (nSPS) is 10.1. The number of carbonyl (C=O) groups is 2. The van der Waals surface area contributed by atoms with E-state index in [-0.39, 0.29) is 11.5 Å². The summed E-state index contributed by atoms with van der Waals surface area (Å²) in [5.74, 6) is -1.38. The molecule has 2 aromatic rings. The van der Waals surface area contributed by atoms with Gasteiger partial charge in [-0.15, -0.1) is 0 Å². The van der Waals surface area contributed by atoms with Crippen LogP contribution < -0.4 is 5.32 Å². The molecule has 20 heavy (non-hydrogen) atoms. The van der Waals surface area contributed by atoms with Gasteiger partial charge in [-0.05, 0) is 30.2 Å². The first kappa shape index (κ1) is 13.7. The Morgan fingerprint density at radius 2 is 1.85 bits per heavy atom. The number of aromatic nitrogens is 1. The van der Waals surface area contributed by atoms with Crippen molar-refractivity contribution in [2.45, 2.75) is 13.3 Å². The Hall–Kier alpha value is -2.69. The first-order valence-corrected chi connectivity index (χ1v) is 6.18. The summed E-state index contributed by atoms with van der Waals surface area (Å²) in [6, 6.07) is 8.63. The van der Waals surface area contributed by atoms with Crippen molar-refractivity contribution in [2.75, 3.05) is 5.32 Å². The molecule has 2 rings (SSSR count). The average molecular weight is 270 g/mol. The van der Waals surface area contributed by atoms with E-state index >= 15 is 0 Å². The van der Waals surface area contributed by atoms with E-state index in [0.717, 1.165) is 12.0 Å². The molecular formula is C15H14N2O3. The molecule has 1 aromatic carbocycles. The van der Waals surface area contributed by atoms with E-state index < -0.39 is 5.97 Å². The number of benzene rings is 1. The fourth-order valence-electron chi connectivity index (χ4n) is 1.72. The number of amides is 1. The van der Waals surface area contributed by atoms with Crippen molar-refractivity contribution in [2.24, 2.45) is 0 Å². The predicted molar refractivity (Wildman–Crippen MR) is 75.0 cm³/mol. The highest BCUT2D eigenvalue weighted by Gasteiger charge is 2.08. The number of hydrogen-bond acceptors (Lipinski definition) is 3. The van der Waals surface area contributed by atoms with Crippen molar-refractivity contribution < 1.29 is 14.7 Å². The zero-order valence-corrected chi connectivity index (χ0v) is 11.0. The molecule has 0 bridgehead atoms. The van der Waals surface area contributed by atoms with Crippen molar-refractivity contribution in [1.82, 2.24) is 4.98 Å². The quantitative estimate of drug-likeness (QED) is 0.895. The third-order valence-corrected chi connectivity index (χ3v) is 2.87. The second-order valence-corrected chi connectivity index (χ2v) is 4.27. The van der Waals surface area contributed by atoms with Gasteiger partial charge in [0.2, 0.25) is 0 Å². The monoisotopic (exact) mass is 270 g/mol. The lowest BCUT2D eigenvalue weighted by molar-refractivity contribution is 0.0696. The molecule has 0 aliphatic carbocycles. The zero-order valence-electron chi connectivity index (χ0n) is 11.0. The molecule has 0 spiro atoms. The molecule has 1 amide bonds. The molecule has 1 heterocycles. The standard InChI is InChI=1S/C15H14N2O3/c1-2-10-3-5-11(6-4-10)14(18)17-13-7-12(15(19)20)8-16-9-13/h3-9H,2H2,1H3,(H,17,18)(H,19,20). The molecule has 0 atom stereocenters. The van der Waals surface area contributed by atoms with Gasteiger partial charge in [-0.1, -0.05) is 19.1 Å². The van der Waals surface area contributed by atoms with Gasteiger partial charge in [0.15, 0.2) is 0 Å². The molecule has 0 fully saturated rings. The van der Waals surface area contributed by atoms with E-state index in [9.17, 15) is 9.59 Å². The minimum Gasteiger partial charge on any atom is -0.478 e. The number of carboxylic acids is 1. The van der Waals surface area contributed by atoms with Crippen molar-refractivity contribution >= 4 is 17.6 Å². The smallest absolute Gasteiger partial charge is 0.337 e. The van der Waals surface area contributed by atoms with Gasteiger partial charge in [0.05, 0.1) is 17.4 Å². The summed E-state index contributed by atoms with van der Waals surface area (Å²) in [7, 11) is 0. The van der Waals surface area contributed by atoms with Crippen LogP contribution in [-0.4, -0.2) is 22.0 Å². The lowest BCUT2D eigenvalue weighted by atomic mass is 10.1. The summed E-state index contributed by atoms with van der Waals surface area (Å²) >= 11 is 0. The van der Waals surface area contributed by atoms with Gasteiger partial charge in [-0.3, -0.25) is 9.78 Å². The first-order chi connectivity index (χ1) is 9.60. The molecule has 0 saturated carbocycles. The molecular weight excluding hydrogens is 256 g/mol. The topological polar surface area (TPSA) is 79.3 Å². The summed E-state index contributed by atoms with van der Waals surface area (Å²) in [6.45, 7) is 2.04. The lowest BCUT2D eigenvalue weighted by Gasteiger charge is -2.06. The summed E-state index contributed by atoms with van der Waals surface area (Å²) in [4.78, 5) is 26.6. The lowest BCUT2D eigenvalue weighted by Crippen LogP contribution is -2.12. The van der Waals surface area contributed by atoms with Gasteiger partial charge in [0.1, 0.15) is 0 Å². The molecule has 0 saturated heterocycles. The molecule has 0 unspecified atom stereocenters. The summed E-state index contributed by atoms with van der Waals surface area (Å²) < 4.78 is 0. The van der Waals surface area contributed by atoms with Crippen LogP contribution >= 0.6 is 0 Å². The van der Waals surface area contributed by atoms with Crippen LogP contribution in [0.5, 0.6) is 0 Å². The van der Waals surface area contributed by atoms with Crippen LogP contribution in [0.2, 0.25) is 0 Å². The average Bonchev–Trinajstić information content (AvgIpc) is 2.47. The van der Waals surface area contributed by atoms with Crippen LogP contribution in [0.25, 0.3) is 0 Å². The van der Waals surface area contributed by atoms with Gasteiger partial charge in [-0.25, -0.2) is 4.79 Å². The summed E-state index contributed by atoms with van der Waals surface area (Å²) in [5.41, 5.74) is 2.05. The van der Waals surface area contributed by atoms with Gasteiger partial charge >= 0.3 is 5.97 Å². The highest BCUT2D eigenvalue weighted by Crippen LogP contribution is 2.11. The van der Waals surface area contributed by atoms with E-state index in [1.54, 1.807) is 12.1 Å². The Balaban J connectivity index is 2.14. The van der Waals surface area contributed by atoms with Gasteiger partial charge in [0.25, 0.3) is 5.91 Å². The predicted octanol–water partition coefficient (Wildman–Crippen LogP) is 2.59. The maximum atomic E-state index is 12.0. The Morgan fingerprint density at radius 3 is 2.45 bits per heavy atom. The molecule has 0 radical (unpaired) electrons. The van der Waals surface area contributed by atoms with Crippen molar-refractivity contribution in [1.29, 1.82) is 0 Å². The number of hydrogen-bond donors (Lipinski definition) is 2. The maximum absolute atomic E-state index is 12.0. The molecule has 5 heteroatoms. The van der Waals surface area contributed by atoms with Crippen LogP contribution in [-0.2, 0) is 6.42 Å². The van der Waals surface area contributed by atoms with Crippen LogP contribution in [0.1, 0.15) is 33.2 Å².